The van der Waals surface area contributed by atoms with E-state index in [4.69, 9.17) is 10.3 Å². The molecule has 0 atom stereocenters. The van der Waals surface area contributed by atoms with E-state index < -0.39 is 0 Å². The van der Waals surface area contributed by atoms with Gasteiger partial charge in [-0.15, -0.1) is 11.8 Å². The Hall–Kier alpha value is -1.49. The van der Waals surface area contributed by atoms with Crippen LogP contribution < -0.4 is 5.73 Å². The Morgan fingerprint density at radius 1 is 1.37 bits per heavy atom. The summed E-state index contributed by atoms with van der Waals surface area (Å²) in [4.78, 5) is 5.55. The van der Waals surface area contributed by atoms with Gasteiger partial charge in [0.15, 0.2) is 5.82 Å². The largest absolute Gasteiger partial charge is 0.398 e. The maximum absolute atomic E-state index is 5.89. The molecule has 0 aliphatic carbocycles. The lowest BCUT2D eigenvalue weighted by Crippen LogP contribution is -1.94. The molecule has 102 valence electrons. The summed E-state index contributed by atoms with van der Waals surface area (Å²) in [5.41, 5.74) is 7.81. The highest BCUT2D eigenvalue weighted by Crippen LogP contribution is 2.28. The molecule has 1 aromatic heterocycles. The van der Waals surface area contributed by atoms with Crippen LogP contribution in [0.3, 0.4) is 0 Å². The second-order valence-corrected chi connectivity index (χ2v) is 5.98. The standard InChI is InChI=1S/C14H19N3OS/c1-9(2)7-14-16-13(17-18-14)8-19-12-6-4-5-11(15)10(12)3/h4-6,9H,7-8,15H2,1-3H3. The van der Waals surface area contributed by atoms with Gasteiger partial charge in [-0.2, -0.15) is 4.98 Å². The molecular formula is C14H19N3OS. The van der Waals surface area contributed by atoms with Crippen LogP contribution >= 0.6 is 11.8 Å². The third-order valence-electron chi connectivity index (χ3n) is 2.78. The summed E-state index contributed by atoms with van der Waals surface area (Å²) in [6.45, 7) is 6.29. The fourth-order valence-corrected chi connectivity index (χ4v) is 2.62. The number of aromatic nitrogens is 2. The van der Waals surface area contributed by atoms with Gasteiger partial charge in [0, 0.05) is 17.0 Å². The number of hydrogen-bond acceptors (Lipinski definition) is 5. The van der Waals surface area contributed by atoms with Crippen molar-refractivity contribution < 1.29 is 4.52 Å². The minimum absolute atomic E-state index is 0.525. The van der Waals surface area contributed by atoms with Gasteiger partial charge in [0.05, 0.1) is 5.75 Å². The van der Waals surface area contributed by atoms with E-state index in [2.05, 4.69) is 30.1 Å². The molecular weight excluding hydrogens is 258 g/mol. The van der Waals surface area contributed by atoms with Crippen molar-refractivity contribution in [3.8, 4) is 0 Å². The Morgan fingerprint density at radius 2 is 2.16 bits per heavy atom. The lowest BCUT2D eigenvalue weighted by Gasteiger charge is -2.05. The number of thioether (sulfide) groups is 1. The molecule has 0 spiro atoms. The van der Waals surface area contributed by atoms with Gasteiger partial charge in [-0.3, -0.25) is 0 Å². The number of nitrogen functional groups attached to an aromatic ring is 1. The molecule has 2 rings (SSSR count). The van der Waals surface area contributed by atoms with Crippen molar-refractivity contribution in [3.63, 3.8) is 0 Å². The van der Waals surface area contributed by atoms with Crippen LogP contribution in [-0.2, 0) is 12.2 Å². The molecule has 0 amide bonds. The van der Waals surface area contributed by atoms with Gasteiger partial charge < -0.3 is 10.3 Å². The van der Waals surface area contributed by atoms with Crippen molar-refractivity contribution >= 4 is 17.4 Å². The molecule has 1 heterocycles. The number of rotatable bonds is 5. The van der Waals surface area contributed by atoms with Crippen molar-refractivity contribution in [2.24, 2.45) is 5.92 Å². The lowest BCUT2D eigenvalue weighted by atomic mass is 10.1. The summed E-state index contributed by atoms with van der Waals surface area (Å²) in [6, 6.07) is 5.94. The van der Waals surface area contributed by atoms with Gasteiger partial charge in [0.1, 0.15) is 0 Å². The summed E-state index contributed by atoms with van der Waals surface area (Å²) in [5, 5.41) is 4.00. The zero-order valence-corrected chi connectivity index (χ0v) is 12.3. The van der Waals surface area contributed by atoms with E-state index in [1.807, 2.05) is 19.1 Å². The van der Waals surface area contributed by atoms with Crippen molar-refractivity contribution in [3.05, 3.63) is 35.5 Å². The third kappa shape index (κ3) is 3.73. The van der Waals surface area contributed by atoms with E-state index in [0.717, 1.165) is 34.3 Å². The molecule has 2 N–H and O–H groups in total. The Bertz CT molecular complexity index is 551. The van der Waals surface area contributed by atoms with Crippen LogP contribution in [-0.4, -0.2) is 10.1 Å². The fraction of sp³-hybridized carbons (Fsp3) is 0.429. The minimum atomic E-state index is 0.525. The second-order valence-electron chi connectivity index (χ2n) is 4.96. The first-order valence-corrected chi connectivity index (χ1v) is 7.34. The van der Waals surface area contributed by atoms with Crippen molar-refractivity contribution in [1.82, 2.24) is 10.1 Å². The second kappa shape index (κ2) is 6.10. The number of nitrogens with zero attached hydrogens (tertiary/aromatic N) is 2. The smallest absolute Gasteiger partial charge is 0.226 e. The van der Waals surface area contributed by atoms with Crippen molar-refractivity contribution in [1.29, 1.82) is 0 Å². The molecule has 0 unspecified atom stereocenters. The molecule has 5 heteroatoms. The van der Waals surface area contributed by atoms with Crippen LogP contribution in [0.5, 0.6) is 0 Å². The van der Waals surface area contributed by atoms with Crippen LogP contribution in [0.2, 0.25) is 0 Å². The van der Waals surface area contributed by atoms with Gasteiger partial charge in [-0.1, -0.05) is 25.1 Å². The minimum Gasteiger partial charge on any atom is -0.398 e. The lowest BCUT2D eigenvalue weighted by molar-refractivity contribution is 0.360. The number of nitrogens with two attached hydrogens (primary N) is 1. The monoisotopic (exact) mass is 277 g/mol. The van der Waals surface area contributed by atoms with E-state index in [9.17, 15) is 0 Å². The maximum atomic E-state index is 5.89. The molecule has 4 nitrogen and oxygen atoms in total. The van der Waals surface area contributed by atoms with Crippen LogP contribution in [0.25, 0.3) is 0 Å². The Kier molecular flexibility index (Phi) is 4.47. The molecule has 1 aromatic carbocycles. The Labute approximate surface area is 117 Å². The summed E-state index contributed by atoms with van der Waals surface area (Å²) in [5.74, 6) is 2.68. The van der Waals surface area contributed by atoms with Gasteiger partial charge in [-0.05, 0) is 30.5 Å². The van der Waals surface area contributed by atoms with Crippen LogP contribution in [0.15, 0.2) is 27.6 Å². The molecule has 0 aliphatic heterocycles. The van der Waals surface area contributed by atoms with Crippen LogP contribution in [0.1, 0.15) is 31.1 Å². The fourth-order valence-electron chi connectivity index (χ4n) is 1.71. The highest BCUT2D eigenvalue weighted by molar-refractivity contribution is 7.98. The summed E-state index contributed by atoms with van der Waals surface area (Å²) < 4.78 is 5.22. The van der Waals surface area contributed by atoms with Crippen LogP contribution in [0, 0.1) is 12.8 Å². The molecule has 0 saturated heterocycles. The molecule has 2 aromatic rings. The predicted molar refractivity (Wildman–Crippen MR) is 78.0 cm³/mol. The van der Waals surface area contributed by atoms with Gasteiger partial charge >= 0.3 is 0 Å². The first kappa shape index (κ1) is 13.9. The molecule has 0 radical (unpaired) electrons. The predicted octanol–water partition coefficient (Wildman–Crippen LogP) is 3.45. The topological polar surface area (TPSA) is 64.9 Å². The van der Waals surface area contributed by atoms with Crippen LogP contribution in [0.4, 0.5) is 5.69 Å². The quantitative estimate of drug-likeness (QED) is 0.670. The zero-order chi connectivity index (χ0) is 13.8. The average molecular weight is 277 g/mol. The van der Waals surface area contributed by atoms with Crippen molar-refractivity contribution in [2.45, 2.75) is 37.8 Å². The highest BCUT2D eigenvalue weighted by Gasteiger charge is 2.09. The molecule has 0 fully saturated rings. The van der Waals surface area contributed by atoms with E-state index in [-0.39, 0.29) is 0 Å². The highest BCUT2D eigenvalue weighted by atomic mass is 32.2. The number of benzene rings is 1. The third-order valence-corrected chi connectivity index (χ3v) is 3.93. The summed E-state index contributed by atoms with van der Waals surface area (Å²) in [6.07, 6.45) is 0.828. The maximum Gasteiger partial charge on any atom is 0.226 e. The van der Waals surface area contributed by atoms with E-state index in [1.54, 1.807) is 11.8 Å². The molecule has 19 heavy (non-hydrogen) atoms. The summed E-state index contributed by atoms with van der Waals surface area (Å²) >= 11 is 1.68. The molecule has 0 aliphatic rings. The van der Waals surface area contributed by atoms with E-state index in [1.165, 1.54) is 0 Å². The number of hydrogen-bond donors (Lipinski definition) is 1. The Morgan fingerprint density at radius 3 is 2.89 bits per heavy atom. The van der Waals surface area contributed by atoms with E-state index in [0.29, 0.717) is 11.7 Å². The SMILES string of the molecule is Cc1c(N)cccc1SCc1noc(CC(C)C)n1. The Balaban J connectivity index is 1.98. The first-order valence-electron chi connectivity index (χ1n) is 6.35. The number of anilines is 1. The average Bonchev–Trinajstić information content (AvgIpc) is 2.78. The molecule has 0 saturated carbocycles. The summed E-state index contributed by atoms with van der Waals surface area (Å²) in [7, 11) is 0. The van der Waals surface area contributed by atoms with Gasteiger partial charge in [-0.25, -0.2) is 0 Å². The van der Waals surface area contributed by atoms with E-state index >= 15 is 0 Å². The molecule has 0 bridgehead atoms. The first-order chi connectivity index (χ1) is 9.06. The normalized spacial score (nSPS) is 11.2. The zero-order valence-electron chi connectivity index (χ0n) is 11.5. The van der Waals surface area contributed by atoms with Gasteiger partial charge in [0.25, 0.3) is 0 Å². The van der Waals surface area contributed by atoms with Gasteiger partial charge in [0.2, 0.25) is 5.89 Å². The van der Waals surface area contributed by atoms with Crippen molar-refractivity contribution in [2.75, 3.05) is 5.73 Å².